The Bertz CT molecular complexity index is 1940. The van der Waals surface area contributed by atoms with Crippen LogP contribution in [0.1, 0.15) is 55.5 Å². The topological polar surface area (TPSA) is 112 Å². The molecule has 1 aliphatic rings. The second-order valence-corrected chi connectivity index (χ2v) is 12.1. The highest BCUT2D eigenvalue weighted by Gasteiger charge is 2.18. The van der Waals surface area contributed by atoms with Crippen LogP contribution in [0.5, 0.6) is 0 Å². The van der Waals surface area contributed by atoms with E-state index in [1.165, 1.54) is 63.6 Å². The van der Waals surface area contributed by atoms with E-state index in [2.05, 4.69) is 79.6 Å². The van der Waals surface area contributed by atoms with Crippen molar-refractivity contribution < 1.29 is 4.57 Å². The predicted octanol–water partition coefficient (Wildman–Crippen LogP) is 6.38. The molecule has 0 atom stereocenters. The molecule has 0 amide bonds. The van der Waals surface area contributed by atoms with Gasteiger partial charge in [-0.25, -0.2) is 4.68 Å². The number of nitrogen functional groups attached to an aromatic ring is 2. The largest absolute Gasteiger partial charge is 0.399 e. The molecule has 8 nitrogen and oxygen atoms in total. The molecule has 0 bridgehead atoms. The first-order chi connectivity index (χ1) is 21.6. The molecule has 0 saturated carbocycles. The van der Waals surface area contributed by atoms with Crippen molar-refractivity contribution in [1.82, 2.24) is 20.0 Å². The Morgan fingerprint density at radius 2 is 1.66 bits per heavy atom. The summed E-state index contributed by atoms with van der Waals surface area (Å²) in [5.41, 5.74) is 21.2. The number of benzene rings is 3. The molecule has 1 aliphatic carbocycles. The Hall–Kier alpha value is -4.72. The number of pyridine rings is 2. The molecule has 8 heteroatoms. The fourth-order valence-electron chi connectivity index (χ4n) is 6.83. The SMILES string of the molecule is Nc1ccc2c(c1)c[n+](CCCCCCc1cnnn1CCNc1c3c(nc4ccccc14)CCCC3)c1cc(N)ccc21. The summed E-state index contributed by atoms with van der Waals surface area (Å²) in [5.74, 6) is 0. The van der Waals surface area contributed by atoms with Crippen LogP contribution in [0.25, 0.3) is 32.6 Å². The highest BCUT2D eigenvalue weighted by atomic mass is 15.4. The van der Waals surface area contributed by atoms with Crippen molar-refractivity contribution in [2.24, 2.45) is 0 Å². The lowest BCUT2D eigenvalue weighted by molar-refractivity contribution is -0.670. The lowest BCUT2D eigenvalue weighted by atomic mass is 9.92. The highest BCUT2D eigenvalue weighted by molar-refractivity contribution is 6.05. The molecule has 6 aromatic rings. The lowest BCUT2D eigenvalue weighted by Crippen LogP contribution is -2.34. The summed E-state index contributed by atoms with van der Waals surface area (Å²) in [6, 6.07) is 20.8. The van der Waals surface area contributed by atoms with Crippen LogP contribution in [0.2, 0.25) is 0 Å². The fourth-order valence-corrected chi connectivity index (χ4v) is 6.83. The van der Waals surface area contributed by atoms with E-state index in [1.807, 2.05) is 18.3 Å². The van der Waals surface area contributed by atoms with Gasteiger partial charge in [-0.3, -0.25) is 4.98 Å². The number of para-hydroxylation sites is 1. The lowest BCUT2D eigenvalue weighted by Gasteiger charge is -2.21. The molecule has 0 saturated heterocycles. The highest BCUT2D eigenvalue weighted by Crippen LogP contribution is 2.33. The first-order valence-corrected chi connectivity index (χ1v) is 16.1. The van der Waals surface area contributed by atoms with Crippen molar-refractivity contribution in [3.05, 3.63) is 90.0 Å². The number of aryl methyl sites for hydroxylation is 3. The van der Waals surface area contributed by atoms with E-state index in [0.29, 0.717) is 0 Å². The number of hydrogen-bond acceptors (Lipinski definition) is 6. The molecule has 44 heavy (non-hydrogen) atoms. The van der Waals surface area contributed by atoms with Crippen LogP contribution in [0.3, 0.4) is 0 Å². The molecule has 0 aliphatic heterocycles. The van der Waals surface area contributed by atoms with E-state index in [0.717, 1.165) is 80.4 Å². The Morgan fingerprint density at radius 3 is 2.59 bits per heavy atom. The van der Waals surface area contributed by atoms with Crippen molar-refractivity contribution in [3.63, 3.8) is 0 Å². The quantitative estimate of drug-likeness (QED) is 0.0704. The van der Waals surface area contributed by atoms with Crippen LogP contribution in [0.15, 0.2) is 73.1 Å². The van der Waals surface area contributed by atoms with Crippen LogP contribution < -0.4 is 21.4 Å². The average Bonchev–Trinajstić information content (AvgIpc) is 3.49. The monoisotopic (exact) mass is 585 g/mol. The van der Waals surface area contributed by atoms with Crippen LogP contribution in [-0.2, 0) is 32.4 Å². The van der Waals surface area contributed by atoms with Gasteiger partial charge in [0.1, 0.15) is 6.54 Å². The summed E-state index contributed by atoms with van der Waals surface area (Å²) in [6.45, 7) is 2.55. The number of aromatic nitrogens is 5. The molecule has 3 aromatic heterocycles. The number of unbranched alkanes of at least 4 members (excludes halogenated alkanes) is 3. The number of nitrogens with one attached hydrogen (secondary N) is 1. The van der Waals surface area contributed by atoms with E-state index in [1.54, 1.807) is 0 Å². The molecule has 5 N–H and O–H groups in total. The maximum absolute atomic E-state index is 6.17. The third-order valence-electron chi connectivity index (χ3n) is 9.07. The van der Waals surface area contributed by atoms with Crippen LogP contribution in [0, 0.1) is 0 Å². The Balaban J connectivity index is 0.935. The number of rotatable bonds is 11. The Morgan fingerprint density at radius 1 is 0.841 bits per heavy atom. The van der Waals surface area contributed by atoms with Crippen LogP contribution >= 0.6 is 0 Å². The van der Waals surface area contributed by atoms with Crippen LogP contribution in [0.4, 0.5) is 17.1 Å². The summed E-state index contributed by atoms with van der Waals surface area (Å²) < 4.78 is 4.40. The average molecular weight is 586 g/mol. The van der Waals surface area contributed by atoms with E-state index in [-0.39, 0.29) is 0 Å². The Kier molecular flexibility index (Phi) is 7.97. The molecule has 224 valence electrons. The second kappa shape index (κ2) is 12.5. The number of anilines is 3. The molecular weight excluding hydrogens is 544 g/mol. The number of nitrogens with zero attached hydrogens (tertiary/aromatic N) is 5. The first-order valence-electron chi connectivity index (χ1n) is 16.1. The molecule has 0 radical (unpaired) electrons. The van der Waals surface area contributed by atoms with Gasteiger partial charge in [-0.05, 0) is 80.8 Å². The standard InChI is InChI=1S/C36H40N8/c37-26-14-16-29-25(21-26)24-43(35-22-27(38)15-17-30(29)35)19-8-2-1-3-9-28-23-40-42-44(28)20-18-39-36-31-10-4-6-12-33(31)41-34-13-7-5-11-32(34)36/h4,6,10,12,14-17,21-24,38H,1-3,5,7-9,11,13,18-20,37H2,(H,39,41)/p+1. The summed E-state index contributed by atoms with van der Waals surface area (Å²) in [5, 5.41) is 17.2. The van der Waals surface area contributed by atoms with E-state index >= 15 is 0 Å². The number of hydrogen-bond donors (Lipinski definition) is 3. The minimum atomic E-state index is 0.785. The number of nitrogens with two attached hydrogens (primary N) is 2. The maximum Gasteiger partial charge on any atom is 0.215 e. The third-order valence-corrected chi connectivity index (χ3v) is 9.07. The van der Waals surface area contributed by atoms with Crippen molar-refractivity contribution >= 4 is 49.6 Å². The molecule has 7 rings (SSSR count). The zero-order valence-electron chi connectivity index (χ0n) is 25.3. The zero-order chi connectivity index (χ0) is 29.9. The number of fused-ring (bicyclic) bond motifs is 5. The van der Waals surface area contributed by atoms with Gasteiger partial charge in [0.15, 0.2) is 6.20 Å². The van der Waals surface area contributed by atoms with Crippen molar-refractivity contribution in [2.75, 3.05) is 23.3 Å². The van der Waals surface area contributed by atoms with E-state index in [9.17, 15) is 0 Å². The minimum Gasteiger partial charge on any atom is -0.399 e. The van der Waals surface area contributed by atoms with Crippen molar-refractivity contribution in [3.8, 4) is 0 Å². The molecule has 3 aromatic carbocycles. The first kappa shape index (κ1) is 28.1. The molecular formula is C36H41N8+. The van der Waals surface area contributed by atoms with Gasteiger partial charge in [-0.1, -0.05) is 35.9 Å². The summed E-state index contributed by atoms with van der Waals surface area (Å²) in [7, 11) is 0. The molecule has 0 unspecified atom stereocenters. The van der Waals surface area contributed by atoms with Gasteiger partial charge in [0, 0.05) is 57.9 Å². The maximum atomic E-state index is 6.17. The van der Waals surface area contributed by atoms with Gasteiger partial charge in [-0.2, -0.15) is 4.57 Å². The van der Waals surface area contributed by atoms with Gasteiger partial charge in [0.2, 0.25) is 5.52 Å². The molecule has 3 heterocycles. The van der Waals surface area contributed by atoms with Crippen molar-refractivity contribution in [2.45, 2.75) is 70.9 Å². The van der Waals surface area contributed by atoms with E-state index < -0.39 is 0 Å². The van der Waals surface area contributed by atoms with Gasteiger partial charge in [0.25, 0.3) is 0 Å². The summed E-state index contributed by atoms with van der Waals surface area (Å²) in [4.78, 5) is 4.97. The Labute approximate surface area is 258 Å². The predicted molar refractivity (Wildman–Crippen MR) is 180 cm³/mol. The summed E-state index contributed by atoms with van der Waals surface area (Å²) in [6.07, 6.45) is 14.3. The summed E-state index contributed by atoms with van der Waals surface area (Å²) >= 11 is 0. The van der Waals surface area contributed by atoms with E-state index in [4.69, 9.17) is 16.5 Å². The van der Waals surface area contributed by atoms with Gasteiger partial charge >= 0.3 is 0 Å². The normalized spacial score (nSPS) is 13.1. The minimum absolute atomic E-state index is 0.785. The molecule has 0 spiro atoms. The van der Waals surface area contributed by atoms with Crippen molar-refractivity contribution in [1.29, 1.82) is 0 Å². The third kappa shape index (κ3) is 5.76. The van der Waals surface area contributed by atoms with Crippen LogP contribution in [-0.4, -0.2) is 26.5 Å². The van der Waals surface area contributed by atoms with Gasteiger partial charge in [-0.15, -0.1) is 5.10 Å². The second-order valence-electron chi connectivity index (χ2n) is 12.1. The smallest absolute Gasteiger partial charge is 0.215 e. The van der Waals surface area contributed by atoms with Gasteiger partial charge < -0.3 is 16.8 Å². The fraction of sp³-hybridized carbons (Fsp3) is 0.333. The zero-order valence-corrected chi connectivity index (χ0v) is 25.3. The molecule has 0 fully saturated rings. The van der Waals surface area contributed by atoms with Gasteiger partial charge in [0.05, 0.1) is 29.3 Å².